The number of hydrogen-bond donors (Lipinski definition) is 2. The Morgan fingerprint density at radius 3 is 2.07 bits per heavy atom. The predicted molar refractivity (Wildman–Crippen MR) is 161 cm³/mol. The van der Waals surface area contributed by atoms with Gasteiger partial charge in [0.1, 0.15) is 0 Å². The summed E-state index contributed by atoms with van der Waals surface area (Å²) in [5, 5.41) is 25.0. The molecule has 5 heterocycles. The summed E-state index contributed by atoms with van der Waals surface area (Å²) >= 11 is 0. The summed E-state index contributed by atoms with van der Waals surface area (Å²) in [5.41, 5.74) is 9.18. The van der Waals surface area contributed by atoms with Crippen molar-refractivity contribution in [1.29, 1.82) is 0 Å². The van der Waals surface area contributed by atoms with Crippen LogP contribution in [0.25, 0.3) is 29.6 Å². The number of carbonyl (C=O) groups is 2. The Labute approximate surface area is 260 Å². The van der Waals surface area contributed by atoms with E-state index in [1.54, 1.807) is 12.2 Å². The van der Waals surface area contributed by atoms with Gasteiger partial charge in [-0.15, -0.1) is 33.5 Å². The zero-order valence-corrected chi connectivity index (χ0v) is 25.6. The molecule has 3 aromatic heterocycles. The Bertz CT molecular complexity index is 1830. The number of rotatable bonds is 8. The molecule has 0 spiro atoms. The maximum absolute atomic E-state index is 11.5. The quantitative estimate of drug-likeness (QED) is 0.363. The normalized spacial score (nSPS) is 18.1. The van der Waals surface area contributed by atoms with Crippen LogP contribution in [0, 0.1) is 20.8 Å². The number of ether oxygens (including phenoxy) is 1. The van der Waals surface area contributed by atoms with E-state index in [1.165, 1.54) is 0 Å². The molecule has 0 saturated carbocycles. The molecule has 3 aromatic rings. The molecule has 0 aromatic carbocycles. The number of aliphatic carboxylic acids is 2. The minimum atomic E-state index is -0.907. The molecule has 0 fully saturated rings. The SMILES string of the molecule is C=CC1=C(C)C2[N-]/C1=C\c1[n-]c(c(CCC(=O)O)c1C)/C=c1\[n-]/c(c(C)c1CCC(=O)O)=C\c1[n-]c(c(C=C)c1C)O2.[Fe+4]. The van der Waals surface area contributed by atoms with Gasteiger partial charge in [0.2, 0.25) is 0 Å². The van der Waals surface area contributed by atoms with Gasteiger partial charge in [0, 0.05) is 18.7 Å². The molecular formula is C33H32FeN4O5. The molecule has 9 nitrogen and oxygen atoms in total. The average molecular weight is 620 g/mol. The van der Waals surface area contributed by atoms with Crippen molar-refractivity contribution in [2.75, 3.05) is 0 Å². The van der Waals surface area contributed by atoms with Gasteiger partial charge in [-0.05, 0) is 57.2 Å². The molecule has 8 bridgehead atoms. The monoisotopic (exact) mass is 620 g/mol. The van der Waals surface area contributed by atoms with E-state index in [-0.39, 0.29) is 42.8 Å². The van der Waals surface area contributed by atoms with Crippen LogP contribution in [0.5, 0.6) is 5.88 Å². The number of nitrogens with zero attached hydrogens (tertiary/aromatic N) is 4. The second kappa shape index (κ2) is 12.5. The largest absolute Gasteiger partial charge is 4.00 e. The number of fused-ring (bicyclic) bond motifs is 8. The maximum atomic E-state index is 11.5. The van der Waals surface area contributed by atoms with Crippen molar-refractivity contribution >= 4 is 36.2 Å². The van der Waals surface area contributed by atoms with E-state index in [9.17, 15) is 19.8 Å². The van der Waals surface area contributed by atoms with Crippen molar-refractivity contribution in [2.24, 2.45) is 0 Å². The molecule has 2 N–H and O–H groups in total. The minimum Gasteiger partial charge on any atom is -0.657 e. The molecule has 5 rings (SSSR count). The van der Waals surface area contributed by atoms with E-state index in [4.69, 9.17) is 25.0 Å². The Morgan fingerprint density at radius 1 is 0.814 bits per heavy atom. The van der Waals surface area contributed by atoms with E-state index in [1.807, 2.05) is 45.9 Å². The second-order valence-corrected chi connectivity index (χ2v) is 10.5. The third kappa shape index (κ3) is 5.94. The number of hydrogen-bond acceptors (Lipinski definition) is 3. The molecular weight excluding hydrogens is 588 g/mol. The molecule has 43 heavy (non-hydrogen) atoms. The fourth-order valence-electron chi connectivity index (χ4n) is 5.51. The van der Waals surface area contributed by atoms with Gasteiger partial charge in [0.15, 0.2) is 0 Å². The van der Waals surface area contributed by atoms with Crippen LogP contribution in [0.3, 0.4) is 0 Å². The van der Waals surface area contributed by atoms with Crippen LogP contribution in [0.2, 0.25) is 0 Å². The van der Waals surface area contributed by atoms with Crippen LogP contribution < -0.4 is 30.4 Å². The summed E-state index contributed by atoms with van der Waals surface area (Å²) < 4.78 is 6.35. The van der Waals surface area contributed by atoms with Crippen LogP contribution >= 0.6 is 0 Å². The molecule has 2 aliphatic rings. The van der Waals surface area contributed by atoms with Crippen LogP contribution in [0.15, 0.2) is 36.1 Å². The smallest absolute Gasteiger partial charge is 0.657 e. The van der Waals surface area contributed by atoms with Crippen molar-refractivity contribution in [3.8, 4) is 5.88 Å². The summed E-state index contributed by atoms with van der Waals surface area (Å²) in [6.45, 7) is 15.7. The van der Waals surface area contributed by atoms with E-state index in [2.05, 4.69) is 13.2 Å². The van der Waals surface area contributed by atoms with E-state index in [0.29, 0.717) is 39.4 Å². The van der Waals surface area contributed by atoms with Crippen LogP contribution in [0.1, 0.15) is 70.2 Å². The van der Waals surface area contributed by atoms with Crippen molar-refractivity contribution in [3.05, 3.63) is 103 Å². The molecule has 0 amide bonds. The van der Waals surface area contributed by atoms with Crippen LogP contribution in [0.4, 0.5) is 0 Å². The van der Waals surface area contributed by atoms with Gasteiger partial charge in [-0.2, -0.15) is 0 Å². The molecule has 1 atom stereocenters. The van der Waals surface area contributed by atoms with Crippen LogP contribution in [-0.4, -0.2) is 28.4 Å². The van der Waals surface area contributed by atoms with Gasteiger partial charge in [0.05, 0.1) is 6.23 Å². The van der Waals surface area contributed by atoms with Crippen molar-refractivity contribution in [2.45, 2.75) is 59.6 Å². The Kier molecular flexibility index (Phi) is 9.13. The average Bonchev–Trinajstić information content (AvgIpc) is 3.59. The number of carboxylic acid groups (broad SMARTS) is 2. The third-order valence-corrected chi connectivity index (χ3v) is 7.97. The summed E-state index contributed by atoms with van der Waals surface area (Å²) in [6.07, 6.45) is 8.83. The summed E-state index contributed by atoms with van der Waals surface area (Å²) in [4.78, 5) is 37.6. The molecule has 10 heteroatoms. The Hall–Kier alpha value is -4.40. The standard InChI is InChI=1S/C33H32N4O5.Fe/c1-7-20-19(6)32-37-27(20)14-25-18(5)23(10-12-31(40)41)29(35-25)15-28-22(9-11-30(38)39)17(4)24(34-28)13-26-16(3)21(8-2)33(36-26)42-32;/h7-8,13-15,32H,1-2,9-12H2,3-6H3,(H,38,39)(H,40,41);/q-4;+4/b24-13-,27-14-,28-15-;. The predicted octanol–water partition coefficient (Wildman–Crippen LogP) is 3.77. The molecule has 0 saturated heterocycles. The van der Waals surface area contributed by atoms with Gasteiger partial charge in [-0.25, -0.2) is 0 Å². The van der Waals surface area contributed by atoms with E-state index >= 15 is 0 Å². The Morgan fingerprint density at radius 2 is 1.44 bits per heavy atom. The first-order chi connectivity index (χ1) is 20.0. The first-order valence-corrected chi connectivity index (χ1v) is 13.7. The second-order valence-electron chi connectivity index (χ2n) is 10.5. The van der Waals surface area contributed by atoms with Gasteiger partial charge in [-0.3, -0.25) is 9.59 Å². The maximum Gasteiger partial charge on any atom is 4.00 e. The van der Waals surface area contributed by atoms with E-state index in [0.717, 1.165) is 44.5 Å². The minimum absolute atomic E-state index is 0. The van der Waals surface area contributed by atoms with Gasteiger partial charge in [0.25, 0.3) is 0 Å². The number of allylic oxidation sites excluding steroid dienone is 1. The van der Waals surface area contributed by atoms with Gasteiger partial charge < -0.3 is 35.2 Å². The molecule has 0 aliphatic carbocycles. The fourth-order valence-corrected chi connectivity index (χ4v) is 5.51. The molecule has 0 radical (unpaired) electrons. The van der Waals surface area contributed by atoms with Crippen molar-refractivity contribution in [3.63, 3.8) is 0 Å². The van der Waals surface area contributed by atoms with Gasteiger partial charge >= 0.3 is 29.0 Å². The Balaban J connectivity index is 0.00000423. The molecule has 2 aliphatic heterocycles. The zero-order chi connectivity index (χ0) is 30.3. The molecule has 1 unspecified atom stereocenters. The number of aromatic nitrogens is 3. The zero-order valence-electron chi connectivity index (χ0n) is 24.5. The third-order valence-electron chi connectivity index (χ3n) is 7.97. The summed E-state index contributed by atoms with van der Waals surface area (Å²) in [7, 11) is 0. The fraction of sp³-hybridized carbons (Fsp3) is 0.273. The topological polar surface area (TPSA) is 140 Å². The van der Waals surface area contributed by atoms with Crippen molar-refractivity contribution < 1.29 is 41.6 Å². The first-order valence-electron chi connectivity index (χ1n) is 13.7. The summed E-state index contributed by atoms with van der Waals surface area (Å²) in [6, 6.07) is 0. The van der Waals surface area contributed by atoms with Crippen molar-refractivity contribution in [1.82, 2.24) is 15.0 Å². The van der Waals surface area contributed by atoms with E-state index < -0.39 is 18.2 Å². The molecule has 222 valence electrons. The number of carboxylic acids is 2. The van der Waals surface area contributed by atoms with Crippen LogP contribution in [-0.2, 0) is 39.5 Å². The summed E-state index contributed by atoms with van der Waals surface area (Å²) in [5.74, 6) is -1.41. The first kappa shape index (κ1) is 31.5. The van der Waals surface area contributed by atoms with Gasteiger partial charge in [-0.1, -0.05) is 71.4 Å².